The van der Waals surface area contributed by atoms with Crippen LogP contribution in [0.5, 0.6) is 0 Å². The highest BCUT2D eigenvalue weighted by Gasteiger charge is 2.02. The average molecular weight is 229 g/mol. The summed E-state index contributed by atoms with van der Waals surface area (Å²) in [7, 11) is 1.75. The molecule has 2 rings (SSSR count). The zero-order valence-electron chi connectivity index (χ0n) is 9.90. The second-order valence-corrected chi connectivity index (χ2v) is 3.99. The Hall–Kier alpha value is -2.23. The number of pyridine rings is 1. The maximum absolute atomic E-state index is 11.6. The predicted octanol–water partition coefficient (Wildman–Crippen LogP) is 2.02. The first-order valence-corrected chi connectivity index (χ1v) is 5.37. The summed E-state index contributed by atoms with van der Waals surface area (Å²) < 4.78 is 1.60. The molecule has 0 unspecified atom stereocenters. The van der Waals surface area contributed by atoms with E-state index in [9.17, 15) is 4.79 Å². The van der Waals surface area contributed by atoms with Gasteiger partial charge >= 0.3 is 0 Å². The molecule has 4 nitrogen and oxygen atoms in total. The lowest BCUT2D eigenvalue weighted by Crippen LogP contribution is -2.18. The number of para-hydroxylation sites is 2. The fourth-order valence-corrected chi connectivity index (χ4v) is 1.61. The Morgan fingerprint density at radius 3 is 2.59 bits per heavy atom. The van der Waals surface area contributed by atoms with Crippen molar-refractivity contribution in [1.82, 2.24) is 4.57 Å². The number of hydrogen-bond donors (Lipinski definition) is 2. The van der Waals surface area contributed by atoms with Gasteiger partial charge in [-0.1, -0.05) is 12.1 Å². The fraction of sp³-hybridized carbons (Fsp3) is 0.154. The van der Waals surface area contributed by atoms with Crippen molar-refractivity contribution in [2.24, 2.45) is 7.05 Å². The van der Waals surface area contributed by atoms with Crippen LogP contribution < -0.4 is 16.6 Å². The molecule has 1 aromatic carbocycles. The Morgan fingerprint density at radius 1 is 1.24 bits per heavy atom. The summed E-state index contributed by atoms with van der Waals surface area (Å²) >= 11 is 0. The van der Waals surface area contributed by atoms with Gasteiger partial charge < -0.3 is 15.6 Å². The minimum absolute atomic E-state index is 0.0398. The van der Waals surface area contributed by atoms with E-state index < -0.39 is 0 Å². The second kappa shape index (κ2) is 4.33. The number of hydrogen-bond acceptors (Lipinski definition) is 3. The summed E-state index contributed by atoms with van der Waals surface area (Å²) in [6.07, 6.45) is 0. The van der Waals surface area contributed by atoms with E-state index in [4.69, 9.17) is 5.73 Å². The Balaban J connectivity index is 2.38. The highest BCUT2D eigenvalue weighted by molar-refractivity contribution is 5.72. The van der Waals surface area contributed by atoms with E-state index in [1.165, 1.54) is 0 Å². The summed E-state index contributed by atoms with van der Waals surface area (Å²) in [6.45, 7) is 1.89. The number of anilines is 3. The van der Waals surface area contributed by atoms with Gasteiger partial charge in [-0.25, -0.2) is 0 Å². The summed E-state index contributed by atoms with van der Waals surface area (Å²) in [4.78, 5) is 11.6. The summed E-state index contributed by atoms with van der Waals surface area (Å²) in [5.74, 6) is 0. The van der Waals surface area contributed by atoms with Gasteiger partial charge in [0.15, 0.2) is 0 Å². The van der Waals surface area contributed by atoms with Gasteiger partial charge in [0.05, 0.1) is 11.4 Å². The lowest BCUT2D eigenvalue weighted by atomic mass is 10.2. The zero-order chi connectivity index (χ0) is 12.4. The standard InChI is InChI=1S/C13H15N3O/c1-9-7-10(8-13(17)16(9)2)15-12-6-4-3-5-11(12)14/h3-8,15H,14H2,1-2H3. The SMILES string of the molecule is Cc1cc(Nc2ccccc2N)cc(=O)n1C. The van der Waals surface area contributed by atoms with Crippen molar-refractivity contribution >= 4 is 17.1 Å². The van der Waals surface area contributed by atoms with E-state index >= 15 is 0 Å². The van der Waals surface area contributed by atoms with Crippen LogP contribution >= 0.6 is 0 Å². The van der Waals surface area contributed by atoms with Gasteiger partial charge in [-0.3, -0.25) is 4.79 Å². The van der Waals surface area contributed by atoms with Crippen molar-refractivity contribution in [2.75, 3.05) is 11.1 Å². The molecule has 0 fully saturated rings. The van der Waals surface area contributed by atoms with Gasteiger partial charge in [0.25, 0.3) is 5.56 Å². The van der Waals surface area contributed by atoms with Crippen LogP contribution in [-0.4, -0.2) is 4.57 Å². The van der Waals surface area contributed by atoms with Crippen molar-refractivity contribution in [3.63, 3.8) is 0 Å². The van der Waals surface area contributed by atoms with Crippen molar-refractivity contribution in [1.29, 1.82) is 0 Å². The number of aryl methyl sites for hydroxylation is 1. The van der Waals surface area contributed by atoms with E-state index in [0.717, 1.165) is 17.1 Å². The Bertz CT molecular complexity index is 602. The molecule has 0 spiro atoms. The van der Waals surface area contributed by atoms with Crippen molar-refractivity contribution in [3.8, 4) is 0 Å². The van der Waals surface area contributed by atoms with Crippen LogP contribution in [0.15, 0.2) is 41.2 Å². The molecule has 88 valence electrons. The molecule has 0 saturated carbocycles. The Kier molecular flexibility index (Phi) is 2.87. The highest BCUT2D eigenvalue weighted by atomic mass is 16.1. The molecule has 1 heterocycles. The van der Waals surface area contributed by atoms with Gasteiger partial charge in [0.1, 0.15) is 0 Å². The first-order chi connectivity index (χ1) is 8.08. The van der Waals surface area contributed by atoms with Crippen molar-refractivity contribution in [3.05, 3.63) is 52.4 Å². The molecule has 0 atom stereocenters. The minimum Gasteiger partial charge on any atom is -0.397 e. The van der Waals surface area contributed by atoms with Gasteiger partial charge in [-0.2, -0.15) is 0 Å². The van der Waals surface area contributed by atoms with Gasteiger partial charge in [-0.15, -0.1) is 0 Å². The van der Waals surface area contributed by atoms with Crippen LogP contribution in [0.2, 0.25) is 0 Å². The number of rotatable bonds is 2. The van der Waals surface area contributed by atoms with Crippen LogP contribution in [0.25, 0.3) is 0 Å². The topological polar surface area (TPSA) is 60.0 Å². The van der Waals surface area contributed by atoms with Gasteiger partial charge in [0, 0.05) is 24.5 Å². The largest absolute Gasteiger partial charge is 0.397 e. The quantitative estimate of drug-likeness (QED) is 0.774. The molecule has 1 aromatic heterocycles. The molecular weight excluding hydrogens is 214 g/mol. The van der Waals surface area contributed by atoms with E-state index in [1.807, 2.05) is 37.3 Å². The molecule has 17 heavy (non-hydrogen) atoms. The molecule has 3 N–H and O–H groups in total. The number of nitrogens with zero attached hydrogens (tertiary/aromatic N) is 1. The van der Waals surface area contributed by atoms with E-state index in [0.29, 0.717) is 5.69 Å². The summed E-state index contributed by atoms with van der Waals surface area (Å²) in [6, 6.07) is 10.9. The molecule has 0 aliphatic carbocycles. The van der Waals surface area contributed by atoms with Crippen LogP contribution in [0.4, 0.5) is 17.1 Å². The Labute approximate surface area is 99.7 Å². The molecule has 0 amide bonds. The number of nitrogens with two attached hydrogens (primary N) is 1. The highest BCUT2D eigenvalue weighted by Crippen LogP contribution is 2.21. The van der Waals surface area contributed by atoms with Crippen molar-refractivity contribution < 1.29 is 0 Å². The number of aromatic nitrogens is 1. The molecule has 0 aliphatic rings. The van der Waals surface area contributed by atoms with Crippen LogP contribution in [-0.2, 0) is 7.05 Å². The summed E-state index contributed by atoms with van der Waals surface area (Å²) in [5.41, 5.74) is 8.90. The fourth-order valence-electron chi connectivity index (χ4n) is 1.61. The predicted molar refractivity (Wildman–Crippen MR) is 70.6 cm³/mol. The monoisotopic (exact) mass is 229 g/mol. The van der Waals surface area contributed by atoms with Crippen LogP contribution in [0, 0.1) is 6.92 Å². The normalized spacial score (nSPS) is 10.2. The smallest absolute Gasteiger partial charge is 0.252 e. The third-order valence-electron chi connectivity index (χ3n) is 2.74. The molecule has 0 aliphatic heterocycles. The molecule has 0 radical (unpaired) electrons. The zero-order valence-corrected chi connectivity index (χ0v) is 9.90. The molecule has 2 aromatic rings. The van der Waals surface area contributed by atoms with Crippen LogP contribution in [0.1, 0.15) is 5.69 Å². The Morgan fingerprint density at radius 2 is 1.94 bits per heavy atom. The van der Waals surface area contributed by atoms with E-state index in [2.05, 4.69) is 5.32 Å². The molecular formula is C13H15N3O. The average Bonchev–Trinajstić information content (AvgIpc) is 2.29. The first-order valence-electron chi connectivity index (χ1n) is 5.37. The minimum atomic E-state index is -0.0398. The summed E-state index contributed by atoms with van der Waals surface area (Å²) in [5, 5.41) is 3.14. The third kappa shape index (κ3) is 2.30. The van der Waals surface area contributed by atoms with E-state index in [1.54, 1.807) is 17.7 Å². The first kappa shape index (κ1) is 11.3. The molecule has 0 saturated heterocycles. The molecule has 4 heteroatoms. The third-order valence-corrected chi connectivity index (χ3v) is 2.74. The van der Waals surface area contributed by atoms with Gasteiger partial charge in [0.2, 0.25) is 0 Å². The number of benzene rings is 1. The van der Waals surface area contributed by atoms with Crippen LogP contribution in [0.3, 0.4) is 0 Å². The maximum atomic E-state index is 11.6. The second-order valence-electron chi connectivity index (χ2n) is 3.99. The van der Waals surface area contributed by atoms with Crippen molar-refractivity contribution in [2.45, 2.75) is 6.92 Å². The lowest BCUT2D eigenvalue weighted by molar-refractivity contribution is 0.820. The molecule has 0 bridgehead atoms. The van der Waals surface area contributed by atoms with Gasteiger partial charge in [-0.05, 0) is 25.1 Å². The number of nitrogen functional groups attached to an aromatic ring is 1. The van der Waals surface area contributed by atoms with E-state index in [-0.39, 0.29) is 5.56 Å². The lowest BCUT2D eigenvalue weighted by Gasteiger charge is -2.11. The maximum Gasteiger partial charge on any atom is 0.252 e. The number of nitrogens with one attached hydrogen (secondary N) is 1.